The van der Waals surface area contributed by atoms with Crippen molar-refractivity contribution >= 4 is 46.2 Å². The Bertz CT molecular complexity index is 1430. The van der Waals surface area contributed by atoms with Gasteiger partial charge in [0.15, 0.2) is 5.82 Å². The number of nitrogens with two attached hydrogens (primary N) is 2. The number of hydrogen-bond donors (Lipinski definition) is 3. The van der Waals surface area contributed by atoms with Crippen LogP contribution < -0.4 is 22.3 Å². The molecule has 0 fully saturated rings. The SMILES string of the molecule is C[C@H](Nc1nc(N)nc(N)c1C#N)c1nc2cccc(Cl)c2c(=O)n1CCCN(C)C(=O)OC(C)(C)C. The maximum Gasteiger partial charge on any atom is 0.410 e. The average Bonchev–Trinajstić information content (AvgIpc) is 2.78. The first-order valence-corrected chi connectivity index (χ1v) is 11.9. The van der Waals surface area contributed by atoms with Crippen molar-refractivity contribution in [1.82, 2.24) is 24.4 Å². The predicted molar refractivity (Wildman–Crippen MR) is 142 cm³/mol. The van der Waals surface area contributed by atoms with Crippen LogP contribution >= 0.6 is 11.6 Å². The van der Waals surface area contributed by atoms with Gasteiger partial charge in [-0.1, -0.05) is 17.7 Å². The highest BCUT2D eigenvalue weighted by atomic mass is 35.5. The van der Waals surface area contributed by atoms with Crippen LogP contribution in [0.1, 0.15) is 51.5 Å². The number of hydrogen-bond acceptors (Lipinski definition) is 10. The molecule has 37 heavy (non-hydrogen) atoms. The number of ether oxygens (including phenoxy) is 1. The van der Waals surface area contributed by atoms with Crippen LogP contribution in [0.3, 0.4) is 0 Å². The largest absolute Gasteiger partial charge is 0.444 e. The molecule has 1 aromatic carbocycles. The van der Waals surface area contributed by atoms with Crippen LogP contribution in [0.15, 0.2) is 23.0 Å². The number of rotatable bonds is 7. The van der Waals surface area contributed by atoms with E-state index >= 15 is 0 Å². The fourth-order valence-electron chi connectivity index (χ4n) is 3.66. The topological polar surface area (TPSA) is 178 Å². The number of benzene rings is 1. The number of anilines is 3. The fourth-order valence-corrected chi connectivity index (χ4v) is 3.91. The molecule has 3 aromatic rings. The minimum atomic E-state index is -0.619. The van der Waals surface area contributed by atoms with Gasteiger partial charge in [0.25, 0.3) is 5.56 Å². The van der Waals surface area contributed by atoms with Crippen molar-refractivity contribution in [3.8, 4) is 6.07 Å². The van der Waals surface area contributed by atoms with Gasteiger partial charge in [-0.3, -0.25) is 9.36 Å². The van der Waals surface area contributed by atoms with E-state index in [0.29, 0.717) is 24.3 Å². The summed E-state index contributed by atoms with van der Waals surface area (Å²) in [7, 11) is 1.63. The third-order valence-corrected chi connectivity index (χ3v) is 5.66. The van der Waals surface area contributed by atoms with Gasteiger partial charge in [-0.25, -0.2) is 9.78 Å². The zero-order valence-electron chi connectivity index (χ0n) is 21.4. The summed E-state index contributed by atoms with van der Waals surface area (Å²) in [6.07, 6.45) is -0.0260. The Kier molecular flexibility index (Phi) is 8.08. The van der Waals surface area contributed by atoms with Crippen LogP contribution in [0.5, 0.6) is 0 Å². The zero-order valence-corrected chi connectivity index (χ0v) is 22.1. The first kappa shape index (κ1) is 27.5. The standard InChI is InChI=1S/C24H30ClN9O3/c1-13(29-19-14(12-26)18(27)31-22(28)32-19)20-30-16-9-6-8-15(25)17(16)21(35)34(20)11-7-10-33(5)23(36)37-24(2,3)4/h6,8-9,13H,7,10-11H2,1-5H3,(H5,27,28,29,31,32)/t13-/m0/s1. The molecule has 1 amide bonds. The summed E-state index contributed by atoms with van der Waals surface area (Å²) in [6, 6.07) is 6.39. The molecule has 0 aliphatic rings. The number of nitriles is 1. The van der Waals surface area contributed by atoms with E-state index in [9.17, 15) is 14.9 Å². The molecule has 3 rings (SSSR count). The second kappa shape index (κ2) is 10.9. The fraction of sp³-hybridized carbons (Fsp3) is 0.417. The van der Waals surface area contributed by atoms with Crippen molar-refractivity contribution in [2.24, 2.45) is 0 Å². The highest BCUT2D eigenvalue weighted by molar-refractivity contribution is 6.35. The van der Waals surface area contributed by atoms with E-state index in [1.807, 2.05) is 6.07 Å². The number of fused-ring (bicyclic) bond motifs is 1. The Balaban J connectivity index is 1.96. The van der Waals surface area contributed by atoms with E-state index in [0.717, 1.165) is 0 Å². The second-order valence-corrected chi connectivity index (χ2v) is 9.89. The molecule has 196 valence electrons. The number of amides is 1. The van der Waals surface area contributed by atoms with E-state index in [-0.39, 0.29) is 45.7 Å². The molecule has 12 nitrogen and oxygen atoms in total. The summed E-state index contributed by atoms with van der Waals surface area (Å²) >= 11 is 6.34. The van der Waals surface area contributed by atoms with Crippen molar-refractivity contribution in [2.45, 2.75) is 52.3 Å². The predicted octanol–water partition coefficient (Wildman–Crippen LogP) is 3.31. The lowest BCUT2D eigenvalue weighted by molar-refractivity contribution is 0.0295. The molecular weight excluding hydrogens is 498 g/mol. The summed E-state index contributed by atoms with van der Waals surface area (Å²) < 4.78 is 6.88. The van der Waals surface area contributed by atoms with Gasteiger partial charge in [0.05, 0.1) is 22.0 Å². The number of carbonyl (C=O) groups excluding carboxylic acids is 1. The molecule has 0 saturated carbocycles. The lowest BCUT2D eigenvalue weighted by Crippen LogP contribution is -2.36. The van der Waals surface area contributed by atoms with E-state index in [4.69, 9.17) is 32.8 Å². The van der Waals surface area contributed by atoms with Gasteiger partial charge in [0.2, 0.25) is 5.95 Å². The van der Waals surface area contributed by atoms with E-state index in [2.05, 4.69) is 15.3 Å². The van der Waals surface area contributed by atoms with Crippen molar-refractivity contribution in [1.29, 1.82) is 5.26 Å². The number of nitrogens with one attached hydrogen (secondary N) is 1. The van der Waals surface area contributed by atoms with Crippen LogP contribution in [0.25, 0.3) is 10.9 Å². The minimum absolute atomic E-state index is 0.0257. The molecule has 2 heterocycles. The lowest BCUT2D eigenvalue weighted by Gasteiger charge is -2.25. The summed E-state index contributed by atoms with van der Waals surface area (Å²) in [4.78, 5) is 39.9. The molecule has 0 aliphatic heterocycles. The maximum atomic E-state index is 13.5. The minimum Gasteiger partial charge on any atom is -0.444 e. The highest BCUT2D eigenvalue weighted by Crippen LogP contribution is 2.25. The molecule has 0 aliphatic carbocycles. The summed E-state index contributed by atoms with van der Waals surface area (Å²) in [5.74, 6) is 0.327. The first-order valence-electron chi connectivity index (χ1n) is 11.5. The molecule has 0 unspecified atom stereocenters. The number of carbonyl (C=O) groups is 1. The van der Waals surface area contributed by atoms with Gasteiger partial charge in [-0.15, -0.1) is 0 Å². The number of halogens is 1. The first-order chi connectivity index (χ1) is 17.3. The molecule has 13 heteroatoms. The van der Waals surface area contributed by atoms with Crippen molar-refractivity contribution in [2.75, 3.05) is 30.4 Å². The van der Waals surface area contributed by atoms with Crippen molar-refractivity contribution in [3.05, 3.63) is 45.0 Å². The average molecular weight is 528 g/mol. The molecule has 0 spiro atoms. The van der Waals surface area contributed by atoms with Crippen LogP contribution in [0, 0.1) is 11.3 Å². The van der Waals surface area contributed by atoms with Gasteiger partial charge < -0.3 is 26.4 Å². The Morgan fingerprint density at radius 3 is 2.65 bits per heavy atom. The van der Waals surface area contributed by atoms with Gasteiger partial charge in [0, 0.05) is 20.1 Å². The highest BCUT2D eigenvalue weighted by Gasteiger charge is 2.22. The van der Waals surface area contributed by atoms with E-state index in [1.165, 1.54) is 9.47 Å². The van der Waals surface area contributed by atoms with E-state index < -0.39 is 17.7 Å². The van der Waals surface area contributed by atoms with E-state index in [1.54, 1.807) is 52.9 Å². The third-order valence-electron chi connectivity index (χ3n) is 5.35. The Hall–Kier alpha value is -4.11. The molecule has 0 radical (unpaired) electrons. The van der Waals surface area contributed by atoms with Crippen LogP contribution in [0.4, 0.5) is 22.4 Å². The van der Waals surface area contributed by atoms with Gasteiger partial charge in [-0.2, -0.15) is 15.2 Å². The Labute approximate surface area is 219 Å². The van der Waals surface area contributed by atoms with Crippen LogP contribution in [-0.2, 0) is 11.3 Å². The normalized spacial score (nSPS) is 12.1. The Morgan fingerprint density at radius 2 is 2.00 bits per heavy atom. The second-order valence-electron chi connectivity index (χ2n) is 9.48. The summed E-state index contributed by atoms with van der Waals surface area (Å²) in [5.41, 5.74) is 11.0. The van der Waals surface area contributed by atoms with Crippen molar-refractivity contribution in [3.63, 3.8) is 0 Å². The van der Waals surface area contributed by atoms with Gasteiger partial charge >= 0.3 is 6.09 Å². The van der Waals surface area contributed by atoms with Crippen LogP contribution in [-0.4, -0.2) is 49.7 Å². The smallest absolute Gasteiger partial charge is 0.410 e. The Morgan fingerprint density at radius 1 is 1.30 bits per heavy atom. The molecular formula is C24H30ClN9O3. The number of nitrogen functional groups attached to an aromatic ring is 2. The molecule has 1 atom stereocenters. The monoisotopic (exact) mass is 527 g/mol. The molecule has 5 N–H and O–H groups in total. The van der Waals surface area contributed by atoms with Gasteiger partial charge in [-0.05, 0) is 46.2 Å². The van der Waals surface area contributed by atoms with Crippen molar-refractivity contribution < 1.29 is 9.53 Å². The maximum absolute atomic E-state index is 13.5. The quantitative estimate of drug-likeness (QED) is 0.412. The zero-order chi connectivity index (χ0) is 27.5. The third kappa shape index (κ3) is 6.37. The lowest BCUT2D eigenvalue weighted by atomic mass is 10.2. The molecule has 2 aromatic heterocycles. The van der Waals surface area contributed by atoms with Crippen LogP contribution in [0.2, 0.25) is 5.02 Å². The van der Waals surface area contributed by atoms with Gasteiger partial charge in [0.1, 0.15) is 28.9 Å². The summed E-state index contributed by atoms with van der Waals surface area (Å²) in [6.45, 7) is 7.71. The number of nitrogens with zero attached hydrogens (tertiary/aromatic N) is 6. The number of aromatic nitrogens is 4. The molecule has 0 saturated heterocycles. The molecule has 0 bridgehead atoms. The summed E-state index contributed by atoms with van der Waals surface area (Å²) in [5, 5.41) is 13.2.